The van der Waals surface area contributed by atoms with Crippen LogP contribution in [0.1, 0.15) is 66.2 Å². The molecule has 0 radical (unpaired) electrons. The number of H-pyrrole nitrogens is 1. The Kier molecular flexibility index (Phi) is 7.48. The van der Waals surface area contributed by atoms with Crippen molar-refractivity contribution in [1.29, 1.82) is 0 Å². The molecule has 0 bridgehead atoms. The van der Waals surface area contributed by atoms with Gasteiger partial charge in [0.25, 0.3) is 17.3 Å². The molecule has 2 N–H and O–H groups in total. The van der Waals surface area contributed by atoms with Crippen molar-refractivity contribution in [3.63, 3.8) is 0 Å². The van der Waals surface area contributed by atoms with Crippen molar-refractivity contribution in [3.8, 4) is 11.5 Å². The third-order valence-electron chi connectivity index (χ3n) is 8.25. The van der Waals surface area contributed by atoms with Crippen LogP contribution in [0.3, 0.4) is 0 Å². The maximum absolute atomic E-state index is 14.6. The van der Waals surface area contributed by atoms with Crippen LogP contribution in [0.4, 0.5) is 4.39 Å². The highest BCUT2D eigenvalue weighted by Gasteiger charge is 2.48. The van der Waals surface area contributed by atoms with Crippen LogP contribution < -0.4 is 20.3 Å². The first-order valence-corrected chi connectivity index (χ1v) is 14.8. The minimum atomic E-state index is -1.02. The van der Waals surface area contributed by atoms with Gasteiger partial charge in [0.05, 0.1) is 5.02 Å². The summed E-state index contributed by atoms with van der Waals surface area (Å²) in [5, 5.41) is 3.17. The average molecular weight is 564 g/mol. The van der Waals surface area contributed by atoms with Gasteiger partial charge < -0.3 is 24.7 Å². The number of likely N-dealkylation sites (tertiary alicyclic amines) is 1. The molecule has 38 heavy (non-hydrogen) atoms. The smallest absolute Gasteiger partial charge is 0.254 e. The molecule has 1 aromatic heterocycles. The molecule has 3 heterocycles. The van der Waals surface area contributed by atoms with Crippen molar-refractivity contribution in [1.82, 2.24) is 15.2 Å². The summed E-state index contributed by atoms with van der Waals surface area (Å²) < 4.78 is 27.3. The maximum atomic E-state index is 14.6. The lowest BCUT2D eigenvalue weighted by molar-refractivity contribution is -0.127. The fraction of sp³-hybridized carbons (Fsp3) is 0.571. The Morgan fingerprint density at radius 2 is 1.92 bits per heavy atom. The molecule has 5 rings (SSSR count). The van der Waals surface area contributed by atoms with Gasteiger partial charge >= 0.3 is 0 Å². The fourth-order valence-corrected chi connectivity index (χ4v) is 6.72. The highest BCUT2D eigenvalue weighted by Crippen LogP contribution is 2.51. The van der Waals surface area contributed by atoms with Crippen molar-refractivity contribution >= 4 is 29.3 Å². The highest BCUT2D eigenvalue weighted by atomic mass is 35.5. The van der Waals surface area contributed by atoms with E-state index in [2.05, 4.69) is 15.2 Å². The molecule has 0 spiro atoms. The van der Waals surface area contributed by atoms with Crippen molar-refractivity contribution < 1.29 is 18.7 Å². The van der Waals surface area contributed by atoms with Gasteiger partial charge in [-0.3, -0.25) is 9.59 Å². The van der Waals surface area contributed by atoms with Gasteiger partial charge in [-0.25, -0.2) is 4.39 Å². The number of halogens is 2. The molecule has 10 heteroatoms. The molecule has 1 saturated carbocycles. The number of piperidine rings is 1. The number of carbonyl (C=O) groups excluding carboxylic acids is 1. The Bertz CT molecular complexity index is 1310. The van der Waals surface area contributed by atoms with Crippen LogP contribution in [0.2, 0.25) is 5.02 Å². The summed E-state index contributed by atoms with van der Waals surface area (Å²) in [4.78, 5) is 31.5. The number of thioether (sulfide) groups is 1. The number of aryl methyl sites for hydroxylation is 1. The zero-order valence-corrected chi connectivity index (χ0v) is 23.9. The number of hydrogen-bond donors (Lipinski definition) is 2. The zero-order valence-electron chi connectivity index (χ0n) is 22.3. The van der Waals surface area contributed by atoms with Crippen LogP contribution in [-0.4, -0.2) is 53.1 Å². The summed E-state index contributed by atoms with van der Waals surface area (Å²) in [7, 11) is 0. The fourth-order valence-electron chi connectivity index (χ4n) is 5.78. The van der Waals surface area contributed by atoms with Crippen LogP contribution in [0.25, 0.3) is 0 Å². The summed E-state index contributed by atoms with van der Waals surface area (Å²) in [5.41, 5.74) is 1.06. The summed E-state index contributed by atoms with van der Waals surface area (Å²) in [5.74, 6) is -0.232. The first kappa shape index (κ1) is 27.3. The number of carbonyl (C=O) groups is 1. The van der Waals surface area contributed by atoms with Crippen molar-refractivity contribution in [2.24, 2.45) is 5.92 Å². The van der Waals surface area contributed by atoms with Crippen molar-refractivity contribution in [2.45, 2.75) is 75.8 Å². The molecule has 2 aliphatic heterocycles. The number of aromatic nitrogens is 1. The third-order valence-corrected chi connectivity index (χ3v) is 9.34. The molecule has 1 saturated heterocycles. The molecule has 1 aliphatic carbocycles. The lowest BCUT2D eigenvalue weighted by atomic mass is 9.80. The van der Waals surface area contributed by atoms with E-state index in [1.165, 1.54) is 11.8 Å². The summed E-state index contributed by atoms with van der Waals surface area (Å²) >= 11 is 8.05. The Morgan fingerprint density at radius 1 is 1.24 bits per heavy atom. The number of hydrogen-bond acceptors (Lipinski definition) is 6. The highest BCUT2D eigenvalue weighted by molar-refractivity contribution is 7.98. The number of rotatable bonds is 7. The number of ether oxygens (including phenoxy) is 2. The summed E-state index contributed by atoms with van der Waals surface area (Å²) in [6.07, 6.45) is 5.86. The number of fused-ring (bicyclic) bond motifs is 1. The minimum absolute atomic E-state index is 0.0899. The SMILES string of the molecule is CSc1cc(C)[nH]c(=O)c1CNC(=O)c1cc(Cl)c2c(c1C)OC(C)(C1CCN(CC3(F)CCC3)CC1)O2. The Morgan fingerprint density at radius 3 is 2.55 bits per heavy atom. The lowest BCUT2D eigenvalue weighted by Crippen LogP contribution is -2.52. The molecule has 2 fully saturated rings. The Labute approximate surface area is 231 Å². The van der Waals surface area contributed by atoms with E-state index in [1.54, 1.807) is 6.07 Å². The second-order valence-electron chi connectivity index (χ2n) is 11.0. The van der Waals surface area contributed by atoms with Gasteiger partial charge in [0, 0.05) is 53.2 Å². The molecule has 1 aromatic carbocycles. The molecule has 2 aromatic rings. The second kappa shape index (κ2) is 10.4. The molecule has 3 aliphatic rings. The third kappa shape index (κ3) is 5.17. The van der Waals surface area contributed by atoms with E-state index in [-0.39, 0.29) is 23.9 Å². The van der Waals surface area contributed by atoms with E-state index in [1.807, 2.05) is 33.1 Å². The van der Waals surface area contributed by atoms with Gasteiger partial charge in [-0.1, -0.05) is 11.6 Å². The van der Waals surface area contributed by atoms with Gasteiger partial charge in [0.2, 0.25) is 0 Å². The molecular weight excluding hydrogens is 529 g/mol. The van der Waals surface area contributed by atoms with Crippen LogP contribution in [-0.2, 0) is 6.54 Å². The number of nitrogens with zero attached hydrogens (tertiary/aromatic N) is 1. The summed E-state index contributed by atoms with van der Waals surface area (Å²) in [6, 6.07) is 3.49. The number of nitrogens with one attached hydrogen (secondary N) is 2. The monoisotopic (exact) mass is 563 g/mol. The molecular formula is C28H35ClFN3O4S. The lowest BCUT2D eigenvalue weighted by Gasteiger charge is -2.43. The number of benzene rings is 1. The molecule has 1 atom stereocenters. The maximum Gasteiger partial charge on any atom is 0.254 e. The van der Waals surface area contributed by atoms with Crippen LogP contribution in [0.15, 0.2) is 21.8 Å². The Hall–Kier alpha value is -2.23. The summed E-state index contributed by atoms with van der Waals surface area (Å²) in [6.45, 7) is 7.75. The van der Waals surface area contributed by atoms with E-state index < -0.39 is 11.5 Å². The standard InChI is InChI=1S/C28H35ClFN3O4S/c1-16-12-22(38-4)20(26(35)32-16)14-31-25(34)19-13-21(29)24-23(17(19)2)36-27(3,37-24)18-6-10-33(11-7-18)15-28(30)8-5-9-28/h12-13,18H,5-11,14-15H2,1-4H3,(H,31,34)(H,32,35). The second-order valence-corrected chi connectivity index (χ2v) is 12.2. The first-order valence-electron chi connectivity index (χ1n) is 13.2. The van der Waals surface area contributed by atoms with Crippen LogP contribution >= 0.6 is 23.4 Å². The largest absolute Gasteiger partial charge is 0.448 e. The van der Waals surface area contributed by atoms with Gasteiger partial charge in [-0.2, -0.15) is 0 Å². The predicted octanol–water partition coefficient (Wildman–Crippen LogP) is 5.39. The van der Waals surface area contributed by atoms with Crippen LogP contribution in [0, 0.1) is 19.8 Å². The number of pyridine rings is 1. The quantitative estimate of drug-likeness (QED) is 0.440. The number of amides is 1. The van der Waals surface area contributed by atoms with E-state index in [0.717, 1.165) is 42.9 Å². The average Bonchev–Trinajstić information content (AvgIpc) is 3.24. The van der Waals surface area contributed by atoms with Crippen LogP contribution in [0.5, 0.6) is 11.5 Å². The number of alkyl halides is 1. The topological polar surface area (TPSA) is 83.7 Å². The van der Waals surface area contributed by atoms with Gasteiger partial charge in [0.1, 0.15) is 5.67 Å². The Balaban J connectivity index is 1.28. The predicted molar refractivity (Wildman–Crippen MR) is 147 cm³/mol. The molecule has 1 unspecified atom stereocenters. The van der Waals surface area contributed by atoms with Gasteiger partial charge in [0.15, 0.2) is 11.5 Å². The normalized spacial score (nSPS) is 22.8. The molecule has 206 valence electrons. The number of aromatic amines is 1. The minimum Gasteiger partial charge on any atom is -0.448 e. The molecule has 7 nitrogen and oxygen atoms in total. The van der Waals surface area contributed by atoms with E-state index in [9.17, 15) is 14.0 Å². The van der Waals surface area contributed by atoms with Gasteiger partial charge in [-0.15, -0.1) is 11.8 Å². The van der Waals surface area contributed by atoms with Crippen molar-refractivity contribution in [3.05, 3.63) is 49.9 Å². The molecule has 1 amide bonds. The van der Waals surface area contributed by atoms with Gasteiger partial charge in [-0.05, 0) is 77.4 Å². The first-order chi connectivity index (χ1) is 18.0. The van der Waals surface area contributed by atoms with E-state index in [4.69, 9.17) is 21.1 Å². The van der Waals surface area contributed by atoms with Crippen molar-refractivity contribution in [2.75, 3.05) is 25.9 Å². The van der Waals surface area contributed by atoms with E-state index >= 15 is 0 Å². The zero-order chi connectivity index (χ0) is 27.2. The van der Waals surface area contributed by atoms with E-state index in [0.29, 0.717) is 52.6 Å².